The van der Waals surface area contributed by atoms with Gasteiger partial charge in [-0.3, -0.25) is 4.79 Å². The second kappa shape index (κ2) is 5.72. The molecule has 5 heteroatoms. The van der Waals surface area contributed by atoms with Gasteiger partial charge in [-0.15, -0.1) is 0 Å². The fraction of sp³-hybridized carbons (Fsp3) is 0.444. The van der Waals surface area contributed by atoms with E-state index in [1.165, 1.54) is 0 Å². The quantitative estimate of drug-likeness (QED) is 0.874. The molecule has 2 heterocycles. The number of para-hydroxylation sites is 1. The number of benzene rings is 1. The molecule has 1 amide bonds. The molecule has 1 aliphatic carbocycles. The number of hydrogen-bond donors (Lipinski definition) is 0. The van der Waals surface area contributed by atoms with Crippen LogP contribution in [0, 0.1) is 18.8 Å². The number of nitrogens with zero attached hydrogens (tertiary/aromatic N) is 2. The number of aryl methyl sites for hydroxylation is 1. The van der Waals surface area contributed by atoms with Crippen LogP contribution in [0.4, 0.5) is 0 Å². The molecule has 1 aromatic carbocycles. The fourth-order valence-corrected chi connectivity index (χ4v) is 3.82. The number of carbonyl (C=O) groups excluding carboxylic acids is 1. The highest BCUT2D eigenvalue weighted by Crippen LogP contribution is 2.40. The second-order valence-corrected chi connectivity index (χ2v) is 6.59. The minimum absolute atomic E-state index is 0.0412. The van der Waals surface area contributed by atoms with Gasteiger partial charge in [0.05, 0.1) is 11.8 Å². The smallest absolute Gasteiger partial charge is 0.292 e. The topological polar surface area (TPSA) is 55.6 Å². The van der Waals surface area contributed by atoms with Crippen LogP contribution in [-0.2, 0) is 0 Å². The summed E-state index contributed by atoms with van der Waals surface area (Å²) in [5.41, 5.74) is 0.740. The Hall–Kier alpha value is -2.30. The summed E-state index contributed by atoms with van der Waals surface area (Å²) in [7, 11) is 0. The van der Waals surface area contributed by atoms with E-state index in [4.69, 9.17) is 9.26 Å². The number of carbonyl (C=O) groups is 1. The minimum atomic E-state index is -0.0412. The van der Waals surface area contributed by atoms with Gasteiger partial charge in [-0.25, -0.2) is 0 Å². The highest BCUT2D eigenvalue weighted by molar-refractivity contribution is 5.91. The lowest BCUT2D eigenvalue weighted by molar-refractivity contribution is 0.0728. The number of rotatable bonds is 3. The van der Waals surface area contributed by atoms with Gasteiger partial charge < -0.3 is 14.2 Å². The number of amides is 1. The highest BCUT2D eigenvalue weighted by atomic mass is 16.5. The van der Waals surface area contributed by atoms with Gasteiger partial charge in [-0.2, -0.15) is 0 Å². The molecule has 1 saturated carbocycles. The maximum Gasteiger partial charge on any atom is 0.292 e. The molecule has 120 valence electrons. The van der Waals surface area contributed by atoms with Crippen molar-refractivity contribution >= 4 is 5.91 Å². The Bertz CT molecular complexity index is 683. The molecule has 5 nitrogen and oxygen atoms in total. The molecule has 1 unspecified atom stereocenters. The van der Waals surface area contributed by atoms with Crippen molar-refractivity contribution in [3.05, 3.63) is 47.9 Å². The van der Waals surface area contributed by atoms with Gasteiger partial charge in [0.1, 0.15) is 5.75 Å². The lowest BCUT2D eigenvalue weighted by atomic mass is 10.0. The Balaban J connectivity index is 1.36. The van der Waals surface area contributed by atoms with Crippen LogP contribution >= 0.6 is 0 Å². The molecular formula is C18H20N2O3. The van der Waals surface area contributed by atoms with E-state index in [9.17, 15) is 4.79 Å². The van der Waals surface area contributed by atoms with Gasteiger partial charge in [0, 0.05) is 19.2 Å². The largest absolute Gasteiger partial charge is 0.490 e. The van der Waals surface area contributed by atoms with E-state index in [-0.39, 0.29) is 12.0 Å². The van der Waals surface area contributed by atoms with Crippen LogP contribution in [0.1, 0.15) is 29.1 Å². The maximum absolute atomic E-state index is 12.4. The summed E-state index contributed by atoms with van der Waals surface area (Å²) < 4.78 is 11.2. The molecule has 1 aromatic heterocycles. The van der Waals surface area contributed by atoms with Crippen molar-refractivity contribution < 1.29 is 14.1 Å². The van der Waals surface area contributed by atoms with Crippen molar-refractivity contribution in [1.29, 1.82) is 0 Å². The van der Waals surface area contributed by atoms with E-state index >= 15 is 0 Å². The molecule has 2 fully saturated rings. The minimum Gasteiger partial charge on any atom is -0.490 e. The summed E-state index contributed by atoms with van der Waals surface area (Å²) in [6.45, 7) is 3.40. The molecule has 1 saturated heterocycles. The second-order valence-electron chi connectivity index (χ2n) is 6.59. The van der Waals surface area contributed by atoms with Gasteiger partial charge in [0.15, 0.2) is 0 Å². The zero-order valence-electron chi connectivity index (χ0n) is 13.1. The normalized spacial score (nSPS) is 26.3. The van der Waals surface area contributed by atoms with Crippen LogP contribution < -0.4 is 4.74 Å². The van der Waals surface area contributed by atoms with E-state index in [0.717, 1.165) is 37.4 Å². The Morgan fingerprint density at radius 3 is 2.52 bits per heavy atom. The van der Waals surface area contributed by atoms with Gasteiger partial charge in [-0.05, 0) is 43.7 Å². The lowest BCUT2D eigenvalue weighted by Crippen LogP contribution is -2.30. The van der Waals surface area contributed by atoms with Crippen molar-refractivity contribution in [2.75, 3.05) is 13.1 Å². The summed E-state index contributed by atoms with van der Waals surface area (Å²) >= 11 is 0. The monoisotopic (exact) mass is 312 g/mol. The summed E-state index contributed by atoms with van der Waals surface area (Å²) in [5, 5.41) is 3.80. The molecule has 0 bridgehead atoms. The summed E-state index contributed by atoms with van der Waals surface area (Å²) in [5.74, 6) is 2.29. The third kappa shape index (κ3) is 2.83. The van der Waals surface area contributed by atoms with Crippen molar-refractivity contribution in [2.45, 2.75) is 25.9 Å². The van der Waals surface area contributed by atoms with Crippen molar-refractivity contribution in [1.82, 2.24) is 10.1 Å². The van der Waals surface area contributed by atoms with Crippen LogP contribution in [-0.4, -0.2) is 35.2 Å². The average molecular weight is 312 g/mol. The van der Waals surface area contributed by atoms with Crippen molar-refractivity contribution in [2.24, 2.45) is 11.8 Å². The summed E-state index contributed by atoms with van der Waals surface area (Å²) in [4.78, 5) is 14.3. The van der Waals surface area contributed by atoms with Crippen molar-refractivity contribution in [3.8, 4) is 5.75 Å². The average Bonchev–Trinajstić information content (AvgIpc) is 3.22. The molecule has 0 N–H and O–H groups in total. The van der Waals surface area contributed by atoms with Crippen LogP contribution in [0.3, 0.4) is 0 Å². The van der Waals surface area contributed by atoms with Crippen LogP contribution in [0.2, 0.25) is 0 Å². The molecule has 0 radical (unpaired) electrons. The number of hydrogen-bond acceptors (Lipinski definition) is 4. The van der Waals surface area contributed by atoms with Gasteiger partial charge in [0.25, 0.3) is 5.91 Å². The molecule has 1 aliphatic heterocycles. The Morgan fingerprint density at radius 2 is 1.91 bits per heavy atom. The number of likely N-dealkylation sites (tertiary alicyclic amines) is 1. The van der Waals surface area contributed by atoms with Gasteiger partial charge in [0.2, 0.25) is 5.76 Å². The third-order valence-corrected chi connectivity index (χ3v) is 4.88. The Labute approximate surface area is 135 Å². The first-order valence-electron chi connectivity index (χ1n) is 8.13. The number of fused-ring (bicyclic) bond motifs is 1. The molecule has 23 heavy (non-hydrogen) atoms. The third-order valence-electron chi connectivity index (χ3n) is 4.88. The highest BCUT2D eigenvalue weighted by Gasteiger charge is 2.43. The first-order valence-corrected chi connectivity index (χ1v) is 8.13. The van der Waals surface area contributed by atoms with E-state index in [0.29, 0.717) is 17.6 Å². The summed E-state index contributed by atoms with van der Waals surface area (Å²) in [6.07, 6.45) is 2.29. The summed E-state index contributed by atoms with van der Waals surface area (Å²) in [6, 6.07) is 11.7. The van der Waals surface area contributed by atoms with E-state index in [2.05, 4.69) is 5.16 Å². The predicted molar refractivity (Wildman–Crippen MR) is 84.2 cm³/mol. The molecule has 4 rings (SSSR count). The van der Waals surface area contributed by atoms with E-state index in [1.807, 2.05) is 42.2 Å². The zero-order valence-corrected chi connectivity index (χ0v) is 13.1. The van der Waals surface area contributed by atoms with Crippen LogP contribution in [0.15, 0.2) is 40.9 Å². The molecule has 2 aliphatic rings. The van der Waals surface area contributed by atoms with E-state index < -0.39 is 0 Å². The first-order chi connectivity index (χ1) is 11.2. The molecule has 0 spiro atoms. The van der Waals surface area contributed by atoms with Crippen LogP contribution in [0.25, 0.3) is 0 Å². The number of ether oxygens (including phenoxy) is 1. The molecule has 3 atom stereocenters. The first kappa shape index (κ1) is 14.3. The Morgan fingerprint density at radius 1 is 1.22 bits per heavy atom. The standard InChI is InChI=1S/C18H20N2O3/c1-12-7-17(23-19-12)18(21)20-10-13-8-16(9-14(13)11-20)22-15-5-3-2-4-6-15/h2-7,13-14,16H,8-11H2,1H3/t13-,14+,16?. The van der Waals surface area contributed by atoms with Gasteiger partial charge in [-0.1, -0.05) is 23.4 Å². The zero-order chi connectivity index (χ0) is 15.8. The van der Waals surface area contributed by atoms with E-state index in [1.54, 1.807) is 6.07 Å². The molecule has 2 aromatic rings. The number of aromatic nitrogens is 1. The SMILES string of the molecule is Cc1cc(C(=O)N2C[C@H]3CC(Oc4ccccc4)C[C@H]3C2)on1. The Kier molecular flexibility index (Phi) is 3.56. The predicted octanol–water partition coefficient (Wildman–Crippen LogP) is 2.91. The lowest BCUT2D eigenvalue weighted by Gasteiger charge is -2.19. The van der Waals surface area contributed by atoms with Gasteiger partial charge >= 0.3 is 0 Å². The fourth-order valence-electron chi connectivity index (χ4n) is 3.82. The molecular weight excluding hydrogens is 292 g/mol. The maximum atomic E-state index is 12.4. The van der Waals surface area contributed by atoms with Crippen LogP contribution in [0.5, 0.6) is 5.75 Å². The van der Waals surface area contributed by atoms with Crippen molar-refractivity contribution in [3.63, 3.8) is 0 Å².